The van der Waals surface area contributed by atoms with Crippen molar-refractivity contribution in [2.24, 2.45) is 0 Å². The third-order valence-corrected chi connectivity index (χ3v) is 6.23. The Hall–Kier alpha value is -2.81. The van der Waals surface area contributed by atoms with Crippen molar-refractivity contribution in [2.45, 2.75) is 32.2 Å². The summed E-state index contributed by atoms with van der Waals surface area (Å²) in [5.74, 6) is 0.546. The van der Waals surface area contributed by atoms with Crippen LogP contribution in [-0.4, -0.2) is 43.0 Å². The van der Waals surface area contributed by atoms with Crippen LogP contribution in [0.15, 0.2) is 59.4 Å². The van der Waals surface area contributed by atoms with Crippen molar-refractivity contribution in [1.29, 1.82) is 0 Å². The topological polar surface area (TPSA) is 68.9 Å². The van der Waals surface area contributed by atoms with Gasteiger partial charge in [-0.2, -0.15) is 4.68 Å². The highest BCUT2D eigenvalue weighted by atomic mass is 32.1. The van der Waals surface area contributed by atoms with Gasteiger partial charge in [0, 0.05) is 0 Å². The zero-order valence-electron chi connectivity index (χ0n) is 16.6. The molecule has 5 rings (SSSR count). The summed E-state index contributed by atoms with van der Waals surface area (Å²) in [7, 11) is 0. The van der Waals surface area contributed by atoms with E-state index in [4.69, 9.17) is 17.3 Å². The van der Waals surface area contributed by atoms with E-state index >= 15 is 0 Å². The minimum Gasteiger partial charge on any atom is -0.387 e. The third-order valence-electron chi connectivity index (χ3n) is 5.83. The number of aliphatic hydroxyl groups is 1. The van der Waals surface area contributed by atoms with Gasteiger partial charge in [0.15, 0.2) is 6.67 Å². The van der Waals surface area contributed by atoms with Crippen molar-refractivity contribution in [2.75, 3.05) is 13.1 Å². The molecule has 7 nitrogen and oxygen atoms in total. The van der Waals surface area contributed by atoms with Gasteiger partial charge in [-0.1, -0.05) is 42.5 Å². The Morgan fingerprint density at radius 1 is 1.13 bits per heavy atom. The molecule has 4 aromatic rings. The number of quaternary nitrogens is 1. The molecule has 1 aliphatic rings. The second-order valence-corrected chi connectivity index (χ2v) is 8.34. The van der Waals surface area contributed by atoms with Gasteiger partial charge >= 0.3 is 0 Å². The number of fused-ring (bicyclic) bond motifs is 3. The molecule has 1 fully saturated rings. The van der Waals surface area contributed by atoms with E-state index in [0.717, 1.165) is 30.5 Å². The monoisotopic (exact) mass is 422 g/mol. The van der Waals surface area contributed by atoms with E-state index in [1.807, 2.05) is 59.0 Å². The molecule has 154 valence electrons. The fourth-order valence-corrected chi connectivity index (χ4v) is 4.64. The smallest absolute Gasteiger partial charge is 0.263 e. The Kier molecular flexibility index (Phi) is 4.98. The molecule has 1 unspecified atom stereocenters. The number of benzene rings is 2. The zero-order chi connectivity index (χ0) is 20.7. The molecule has 2 aromatic heterocycles. The van der Waals surface area contributed by atoms with Crippen LogP contribution < -0.4 is 10.5 Å². The highest BCUT2D eigenvalue weighted by molar-refractivity contribution is 7.71. The van der Waals surface area contributed by atoms with Gasteiger partial charge in [0.1, 0.15) is 12.6 Å². The SMILES string of the molecule is O=c1c2ccccc2n2c(=S)n(C[NH+]3CCC[C@@H](O)C3)nc2n1Cc1ccccc1. The summed E-state index contributed by atoms with van der Waals surface area (Å²) in [6, 6.07) is 17.4. The maximum absolute atomic E-state index is 13.3. The van der Waals surface area contributed by atoms with E-state index in [0.29, 0.717) is 35.7 Å². The number of hydrogen-bond acceptors (Lipinski definition) is 4. The highest BCUT2D eigenvalue weighted by Gasteiger charge is 2.23. The number of likely N-dealkylation sites (tertiary alicyclic amines) is 1. The standard InChI is InChI=1S/C22H23N5O2S/c28-17-9-6-12-24(14-17)15-26-22(30)27-19-11-5-4-10-18(19)20(29)25(21(27)23-26)13-16-7-2-1-3-8-16/h1-5,7-8,10-11,17,28H,6,9,12-15H2/p+1/t17-/m1/s1. The van der Waals surface area contributed by atoms with Crippen LogP contribution in [-0.2, 0) is 13.2 Å². The van der Waals surface area contributed by atoms with Gasteiger partial charge < -0.3 is 10.0 Å². The molecule has 8 heteroatoms. The van der Waals surface area contributed by atoms with E-state index in [-0.39, 0.29) is 11.7 Å². The van der Waals surface area contributed by atoms with Crippen LogP contribution in [0.2, 0.25) is 0 Å². The number of rotatable bonds is 4. The Labute approximate surface area is 178 Å². The second kappa shape index (κ2) is 7.79. The van der Waals surface area contributed by atoms with Crippen LogP contribution in [0.25, 0.3) is 16.7 Å². The van der Waals surface area contributed by atoms with Crippen LogP contribution in [0.5, 0.6) is 0 Å². The largest absolute Gasteiger partial charge is 0.387 e. The lowest BCUT2D eigenvalue weighted by Crippen LogP contribution is -3.13. The first-order valence-corrected chi connectivity index (χ1v) is 10.7. The lowest BCUT2D eigenvalue weighted by Gasteiger charge is -2.26. The lowest BCUT2D eigenvalue weighted by atomic mass is 10.1. The zero-order valence-corrected chi connectivity index (χ0v) is 17.4. The third kappa shape index (κ3) is 3.36. The maximum Gasteiger partial charge on any atom is 0.263 e. The molecule has 1 saturated heterocycles. The molecule has 0 radical (unpaired) electrons. The van der Waals surface area contributed by atoms with E-state index < -0.39 is 0 Å². The van der Waals surface area contributed by atoms with Crippen LogP contribution in [0.1, 0.15) is 18.4 Å². The molecule has 2 aromatic carbocycles. The van der Waals surface area contributed by atoms with E-state index in [2.05, 4.69) is 0 Å². The van der Waals surface area contributed by atoms with Gasteiger partial charge in [0.2, 0.25) is 10.5 Å². The van der Waals surface area contributed by atoms with Gasteiger partial charge in [-0.15, -0.1) is 5.10 Å². The number of aliphatic hydroxyl groups excluding tert-OH is 1. The Morgan fingerprint density at radius 2 is 1.90 bits per heavy atom. The molecule has 0 spiro atoms. The summed E-state index contributed by atoms with van der Waals surface area (Å²) >= 11 is 5.79. The molecular formula is C22H24N5O2S+. The number of para-hydroxylation sites is 1. The number of hydrogen-bond donors (Lipinski definition) is 2. The normalized spacial score (nSPS) is 19.5. The quantitative estimate of drug-likeness (QED) is 0.486. The predicted octanol–water partition coefficient (Wildman–Crippen LogP) is 1.23. The number of nitrogens with one attached hydrogen (secondary N) is 1. The van der Waals surface area contributed by atoms with Crippen molar-refractivity contribution in [1.82, 2.24) is 18.7 Å². The van der Waals surface area contributed by atoms with Crippen LogP contribution in [0.4, 0.5) is 0 Å². The fraction of sp³-hybridized carbons (Fsp3) is 0.318. The molecule has 0 aliphatic carbocycles. The van der Waals surface area contributed by atoms with Crippen molar-refractivity contribution in [3.63, 3.8) is 0 Å². The average Bonchev–Trinajstić information content (AvgIpc) is 3.08. The summed E-state index contributed by atoms with van der Waals surface area (Å²) in [4.78, 5) is 14.6. The molecular weight excluding hydrogens is 398 g/mol. The van der Waals surface area contributed by atoms with Gasteiger partial charge in [0.25, 0.3) is 5.56 Å². The van der Waals surface area contributed by atoms with Gasteiger partial charge in [0.05, 0.1) is 24.0 Å². The lowest BCUT2D eigenvalue weighted by molar-refractivity contribution is -0.931. The fourth-order valence-electron chi connectivity index (χ4n) is 4.36. The van der Waals surface area contributed by atoms with Crippen molar-refractivity contribution < 1.29 is 10.0 Å². The summed E-state index contributed by atoms with van der Waals surface area (Å²) in [6.07, 6.45) is 1.55. The van der Waals surface area contributed by atoms with Crippen molar-refractivity contribution in [3.05, 3.63) is 75.3 Å². The van der Waals surface area contributed by atoms with Crippen molar-refractivity contribution in [3.8, 4) is 0 Å². The molecule has 0 bridgehead atoms. The van der Waals surface area contributed by atoms with Crippen LogP contribution >= 0.6 is 12.2 Å². The molecule has 1 aliphatic heterocycles. The molecule has 0 saturated carbocycles. The van der Waals surface area contributed by atoms with Crippen LogP contribution in [0, 0.1) is 4.77 Å². The molecule has 2 atom stereocenters. The Morgan fingerprint density at radius 3 is 2.70 bits per heavy atom. The Balaban J connectivity index is 1.69. The first-order valence-electron chi connectivity index (χ1n) is 10.3. The summed E-state index contributed by atoms with van der Waals surface area (Å²) in [5, 5.41) is 15.4. The van der Waals surface area contributed by atoms with Gasteiger partial charge in [-0.05, 0) is 42.8 Å². The first kappa shape index (κ1) is 19.2. The summed E-state index contributed by atoms with van der Waals surface area (Å²) in [6.45, 7) is 2.66. The van der Waals surface area contributed by atoms with Gasteiger partial charge in [-0.25, -0.2) is 0 Å². The maximum atomic E-state index is 13.3. The Bertz CT molecular complexity index is 1320. The first-order chi connectivity index (χ1) is 14.6. The molecule has 3 heterocycles. The summed E-state index contributed by atoms with van der Waals surface area (Å²) < 4.78 is 5.96. The highest BCUT2D eigenvalue weighted by Crippen LogP contribution is 2.15. The minimum absolute atomic E-state index is 0.0742. The number of aromatic nitrogens is 4. The number of piperidine rings is 1. The molecule has 2 N–H and O–H groups in total. The second-order valence-electron chi connectivity index (χ2n) is 7.97. The summed E-state index contributed by atoms with van der Waals surface area (Å²) in [5.41, 5.74) is 1.73. The van der Waals surface area contributed by atoms with E-state index in [1.54, 1.807) is 9.25 Å². The van der Waals surface area contributed by atoms with E-state index in [9.17, 15) is 9.90 Å². The minimum atomic E-state index is -0.281. The molecule has 0 amide bonds. The predicted molar refractivity (Wildman–Crippen MR) is 117 cm³/mol. The van der Waals surface area contributed by atoms with E-state index in [1.165, 1.54) is 4.90 Å². The van der Waals surface area contributed by atoms with Gasteiger partial charge in [-0.3, -0.25) is 13.8 Å². The number of nitrogens with zero attached hydrogens (tertiary/aromatic N) is 4. The van der Waals surface area contributed by atoms with Crippen molar-refractivity contribution >= 4 is 28.9 Å². The molecule has 30 heavy (non-hydrogen) atoms. The average molecular weight is 423 g/mol. The van der Waals surface area contributed by atoms with Crippen LogP contribution in [0.3, 0.4) is 0 Å².